The number of nitrogens with zero attached hydrogens (tertiary/aromatic N) is 3. The van der Waals surface area contributed by atoms with E-state index in [1.807, 2.05) is 37.3 Å². The number of pyridine rings is 1. The third-order valence-corrected chi connectivity index (χ3v) is 8.14. The fourth-order valence-electron chi connectivity index (χ4n) is 5.52. The predicted octanol–water partition coefficient (Wildman–Crippen LogP) is 7.08. The molecule has 232 valence electrons. The second-order valence-electron chi connectivity index (χ2n) is 11.1. The highest BCUT2D eigenvalue weighted by atomic mass is 19.4. The van der Waals surface area contributed by atoms with Gasteiger partial charge in [0, 0.05) is 51.2 Å². The summed E-state index contributed by atoms with van der Waals surface area (Å²) < 4.78 is 86.2. The van der Waals surface area contributed by atoms with E-state index in [4.69, 9.17) is 4.74 Å². The van der Waals surface area contributed by atoms with Crippen LogP contribution in [0.1, 0.15) is 42.5 Å². The molecule has 1 fully saturated rings. The van der Waals surface area contributed by atoms with Crippen LogP contribution in [0.2, 0.25) is 0 Å². The number of piperazine rings is 1. The van der Waals surface area contributed by atoms with Gasteiger partial charge in [0.25, 0.3) is 0 Å². The molecule has 1 aliphatic rings. The number of benzene rings is 2. The van der Waals surface area contributed by atoms with E-state index in [2.05, 4.69) is 14.8 Å². The number of rotatable bonds is 9. The standard InChI is InChI=1S/C32H35F6N3O2/c1-4-43-29(42)18-27-21-40(15-16-41(27)20-23-11-13-39-14-12-23)19-24-5-10-28(22(2)17-24)25-6-8-26(9-7-25)30(3,31(33,34)35)32(36,37)38/h5-14,17,27H,4,15-16,18-21H2,1-3H3/t27-/m0/s1. The largest absolute Gasteiger partial charge is 0.466 e. The number of alkyl halides is 6. The average Bonchev–Trinajstić information content (AvgIpc) is 2.94. The molecule has 1 aromatic heterocycles. The summed E-state index contributed by atoms with van der Waals surface area (Å²) >= 11 is 0. The number of esters is 1. The maximum Gasteiger partial charge on any atom is 0.406 e. The lowest BCUT2D eigenvalue weighted by Crippen LogP contribution is -2.53. The summed E-state index contributed by atoms with van der Waals surface area (Å²) in [5, 5.41) is 0. The monoisotopic (exact) mass is 607 g/mol. The Balaban J connectivity index is 1.48. The van der Waals surface area contributed by atoms with Gasteiger partial charge < -0.3 is 4.74 Å². The zero-order chi connectivity index (χ0) is 31.4. The summed E-state index contributed by atoms with van der Waals surface area (Å²) in [5.74, 6) is -0.244. The predicted molar refractivity (Wildman–Crippen MR) is 151 cm³/mol. The molecule has 1 atom stereocenters. The second-order valence-corrected chi connectivity index (χ2v) is 11.1. The minimum atomic E-state index is -5.50. The van der Waals surface area contributed by atoms with Gasteiger partial charge in [-0.1, -0.05) is 42.5 Å². The number of aryl methyl sites for hydroxylation is 1. The van der Waals surface area contributed by atoms with E-state index in [1.54, 1.807) is 19.3 Å². The number of carbonyl (C=O) groups excluding carboxylic acids is 1. The molecule has 0 N–H and O–H groups in total. The summed E-state index contributed by atoms with van der Waals surface area (Å²) in [7, 11) is 0. The van der Waals surface area contributed by atoms with Crippen molar-refractivity contribution in [2.75, 3.05) is 26.2 Å². The lowest BCUT2D eigenvalue weighted by molar-refractivity contribution is -0.297. The summed E-state index contributed by atoms with van der Waals surface area (Å²) in [6, 6.07) is 14.0. The van der Waals surface area contributed by atoms with Gasteiger partial charge in [-0.25, -0.2) is 0 Å². The molecule has 0 bridgehead atoms. The van der Waals surface area contributed by atoms with Crippen molar-refractivity contribution in [1.82, 2.24) is 14.8 Å². The van der Waals surface area contributed by atoms with Crippen molar-refractivity contribution in [3.63, 3.8) is 0 Å². The van der Waals surface area contributed by atoms with Crippen molar-refractivity contribution >= 4 is 5.97 Å². The fraction of sp³-hybridized carbons (Fsp3) is 0.438. The minimum absolute atomic E-state index is 0.0427. The Morgan fingerprint density at radius 1 is 0.907 bits per heavy atom. The molecule has 4 rings (SSSR count). The summed E-state index contributed by atoms with van der Waals surface area (Å²) in [6.45, 7) is 7.63. The van der Waals surface area contributed by atoms with E-state index in [1.165, 1.54) is 12.1 Å². The molecule has 1 aliphatic heterocycles. The molecule has 0 radical (unpaired) electrons. The molecule has 2 aromatic carbocycles. The van der Waals surface area contributed by atoms with Crippen LogP contribution in [0.3, 0.4) is 0 Å². The molecule has 3 aromatic rings. The Labute approximate surface area is 247 Å². The first-order chi connectivity index (χ1) is 20.2. The van der Waals surface area contributed by atoms with Gasteiger partial charge in [-0.05, 0) is 66.3 Å². The van der Waals surface area contributed by atoms with Crippen LogP contribution in [0.25, 0.3) is 11.1 Å². The Kier molecular flexibility index (Phi) is 9.86. The van der Waals surface area contributed by atoms with E-state index in [0.717, 1.165) is 47.5 Å². The third kappa shape index (κ3) is 7.38. The topological polar surface area (TPSA) is 45.7 Å². The van der Waals surface area contributed by atoms with Gasteiger partial charge in [0.2, 0.25) is 0 Å². The Morgan fingerprint density at radius 3 is 2.14 bits per heavy atom. The van der Waals surface area contributed by atoms with Crippen LogP contribution < -0.4 is 0 Å². The lowest BCUT2D eigenvalue weighted by atomic mass is 9.80. The van der Waals surface area contributed by atoms with E-state index in [-0.39, 0.29) is 25.4 Å². The van der Waals surface area contributed by atoms with Crippen molar-refractivity contribution in [2.45, 2.75) is 64.1 Å². The second kappa shape index (κ2) is 13.1. The first-order valence-electron chi connectivity index (χ1n) is 14.1. The van der Waals surface area contributed by atoms with E-state index >= 15 is 0 Å². The minimum Gasteiger partial charge on any atom is -0.466 e. The highest BCUT2D eigenvalue weighted by molar-refractivity contribution is 5.70. The van der Waals surface area contributed by atoms with E-state index in [0.29, 0.717) is 31.8 Å². The summed E-state index contributed by atoms with van der Waals surface area (Å²) in [5.41, 5.74) is -0.609. The molecule has 5 nitrogen and oxygen atoms in total. The van der Waals surface area contributed by atoms with Crippen LogP contribution in [-0.4, -0.2) is 65.4 Å². The van der Waals surface area contributed by atoms with E-state index < -0.39 is 23.3 Å². The van der Waals surface area contributed by atoms with Crippen molar-refractivity contribution in [3.05, 3.63) is 89.2 Å². The first kappa shape index (κ1) is 32.5. The molecule has 0 amide bonds. The van der Waals surface area contributed by atoms with Crippen molar-refractivity contribution in [3.8, 4) is 11.1 Å². The summed E-state index contributed by atoms with van der Waals surface area (Å²) in [4.78, 5) is 21.0. The summed E-state index contributed by atoms with van der Waals surface area (Å²) in [6.07, 6.45) is -7.23. The highest BCUT2D eigenvalue weighted by Crippen LogP contribution is 2.51. The normalized spacial score (nSPS) is 17.2. The van der Waals surface area contributed by atoms with Gasteiger partial charge in [0.1, 0.15) is 0 Å². The SMILES string of the molecule is CCOC(=O)C[C@H]1CN(Cc2ccc(-c3ccc(C(C)(C(F)(F)F)C(F)(F)F)cc3)c(C)c2)CCN1Cc1ccncc1. The number of halogens is 6. The third-order valence-electron chi connectivity index (χ3n) is 8.14. The van der Waals surface area contributed by atoms with Gasteiger partial charge in [-0.2, -0.15) is 26.3 Å². The number of ether oxygens (including phenoxy) is 1. The molecule has 0 saturated carbocycles. The number of hydrogen-bond donors (Lipinski definition) is 0. The molecular formula is C32H35F6N3O2. The molecule has 0 aliphatic carbocycles. The van der Waals surface area contributed by atoms with Crippen LogP contribution in [0.5, 0.6) is 0 Å². The Morgan fingerprint density at radius 2 is 1.56 bits per heavy atom. The molecular weight excluding hydrogens is 572 g/mol. The maximum absolute atomic E-state index is 13.5. The van der Waals surface area contributed by atoms with Crippen LogP contribution in [0, 0.1) is 6.92 Å². The molecule has 43 heavy (non-hydrogen) atoms. The lowest BCUT2D eigenvalue weighted by Gasteiger charge is -2.41. The zero-order valence-electron chi connectivity index (χ0n) is 24.3. The maximum atomic E-state index is 13.5. The first-order valence-corrected chi connectivity index (χ1v) is 14.1. The fourth-order valence-corrected chi connectivity index (χ4v) is 5.52. The number of carbonyl (C=O) groups is 1. The van der Waals surface area contributed by atoms with Gasteiger partial charge in [0.05, 0.1) is 13.0 Å². The van der Waals surface area contributed by atoms with Crippen LogP contribution in [0.4, 0.5) is 26.3 Å². The quantitative estimate of drug-likeness (QED) is 0.192. The van der Waals surface area contributed by atoms with Crippen LogP contribution >= 0.6 is 0 Å². The van der Waals surface area contributed by atoms with Crippen molar-refractivity contribution < 1.29 is 35.9 Å². The van der Waals surface area contributed by atoms with Gasteiger partial charge >= 0.3 is 18.3 Å². The van der Waals surface area contributed by atoms with Crippen LogP contribution in [-0.2, 0) is 28.0 Å². The highest BCUT2D eigenvalue weighted by Gasteiger charge is 2.68. The Bertz CT molecular complexity index is 1360. The van der Waals surface area contributed by atoms with E-state index in [9.17, 15) is 31.1 Å². The molecule has 11 heteroatoms. The zero-order valence-corrected chi connectivity index (χ0v) is 24.3. The van der Waals surface area contributed by atoms with Gasteiger partial charge in [-0.3, -0.25) is 19.6 Å². The molecule has 1 saturated heterocycles. The smallest absolute Gasteiger partial charge is 0.406 e. The number of aromatic nitrogens is 1. The number of hydrogen-bond acceptors (Lipinski definition) is 5. The van der Waals surface area contributed by atoms with Crippen LogP contribution in [0.15, 0.2) is 67.0 Å². The van der Waals surface area contributed by atoms with Gasteiger partial charge in [-0.15, -0.1) is 0 Å². The van der Waals surface area contributed by atoms with Crippen molar-refractivity contribution in [2.24, 2.45) is 0 Å². The average molecular weight is 608 g/mol. The molecule has 0 unspecified atom stereocenters. The molecule has 2 heterocycles. The van der Waals surface area contributed by atoms with Crippen molar-refractivity contribution in [1.29, 1.82) is 0 Å². The Hall–Kier alpha value is -3.44. The van der Waals surface area contributed by atoms with Gasteiger partial charge in [0.15, 0.2) is 5.41 Å². The molecule has 0 spiro atoms.